The highest BCUT2D eigenvalue weighted by Gasteiger charge is 2.30. The van der Waals surface area contributed by atoms with E-state index in [0.29, 0.717) is 6.04 Å². The van der Waals surface area contributed by atoms with Crippen molar-refractivity contribution in [3.05, 3.63) is 59.9 Å². The summed E-state index contributed by atoms with van der Waals surface area (Å²) in [5.41, 5.74) is 2.57. The Kier molecular flexibility index (Phi) is 4.70. The third kappa shape index (κ3) is 3.94. The van der Waals surface area contributed by atoms with Crippen molar-refractivity contribution in [3.63, 3.8) is 0 Å². The van der Waals surface area contributed by atoms with Gasteiger partial charge in [0.1, 0.15) is 0 Å². The van der Waals surface area contributed by atoms with Gasteiger partial charge >= 0.3 is 0 Å². The molecule has 1 aromatic heterocycles. The molecule has 2 heterocycles. The SMILES string of the molecule is OC1CC(CNCc2cc[nH]c2)N(Cc2ccccc2)C1. The van der Waals surface area contributed by atoms with Crippen LogP contribution in [0, 0.1) is 0 Å². The summed E-state index contributed by atoms with van der Waals surface area (Å²) in [4.78, 5) is 5.45. The first kappa shape index (κ1) is 14.3. The van der Waals surface area contributed by atoms with Crippen LogP contribution in [0.15, 0.2) is 48.8 Å². The van der Waals surface area contributed by atoms with Gasteiger partial charge in [-0.05, 0) is 23.6 Å². The summed E-state index contributed by atoms with van der Waals surface area (Å²) in [7, 11) is 0. The molecular weight excluding hydrogens is 262 g/mol. The van der Waals surface area contributed by atoms with E-state index < -0.39 is 0 Å². The lowest BCUT2D eigenvalue weighted by Gasteiger charge is -2.24. The predicted molar refractivity (Wildman–Crippen MR) is 83.8 cm³/mol. The summed E-state index contributed by atoms with van der Waals surface area (Å²) >= 11 is 0. The Balaban J connectivity index is 1.52. The van der Waals surface area contributed by atoms with Crippen molar-refractivity contribution < 1.29 is 5.11 Å². The average Bonchev–Trinajstić information content (AvgIpc) is 3.11. The van der Waals surface area contributed by atoms with Gasteiger partial charge < -0.3 is 15.4 Å². The number of aliphatic hydroxyl groups excluding tert-OH is 1. The average molecular weight is 285 g/mol. The summed E-state index contributed by atoms with van der Waals surface area (Å²) in [6.45, 7) is 3.46. The number of aromatic amines is 1. The van der Waals surface area contributed by atoms with Gasteiger partial charge in [0.15, 0.2) is 0 Å². The monoisotopic (exact) mass is 285 g/mol. The van der Waals surface area contributed by atoms with Gasteiger partial charge in [-0.1, -0.05) is 30.3 Å². The molecule has 21 heavy (non-hydrogen) atoms. The van der Waals surface area contributed by atoms with Crippen LogP contribution in [0.25, 0.3) is 0 Å². The molecule has 3 N–H and O–H groups in total. The van der Waals surface area contributed by atoms with Crippen LogP contribution >= 0.6 is 0 Å². The minimum atomic E-state index is -0.201. The zero-order valence-corrected chi connectivity index (χ0v) is 12.2. The van der Waals surface area contributed by atoms with Gasteiger partial charge in [-0.15, -0.1) is 0 Å². The molecule has 2 unspecified atom stereocenters. The molecule has 0 saturated carbocycles. The Morgan fingerprint density at radius 3 is 2.81 bits per heavy atom. The van der Waals surface area contributed by atoms with E-state index in [4.69, 9.17) is 0 Å². The van der Waals surface area contributed by atoms with Crippen molar-refractivity contribution in [2.24, 2.45) is 0 Å². The lowest BCUT2D eigenvalue weighted by atomic mass is 10.1. The largest absolute Gasteiger partial charge is 0.392 e. The molecule has 1 aromatic carbocycles. The van der Waals surface area contributed by atoms with Gasteiger partial charge in [0.05, 0.1) is 6.10 Å². The van der Waals surface area contributed by atoms with Gasteiger partial charge in [-0.2, -0.15) is 0 Å². The lowest BCUT2D eigenvalue weighted by Crippen LogP contribution is -2.37. The molecule has 1 fully saturated rings. The zero-order valence-electron chi connectivity index (χ0n) is 12.2. The first-order chi connectivity index (χ1) is 10.3. The van der Waals surface area contributed by atoms with E-state index in [-0.39, 0.29) is 6.10 Å². The molecule has 0 radical (unpaired) electrons. The van der Waals surface area contributed by atoms with E-state index in [1.165, 1.54) is 11.1 Å². The van der Waals surface area contributed by atoms with Crippen LogP contribution in [-0.2, 0) is 13.1 Å². The number of nitrogens with zero attached hydrogens (tertiary/aromatic N) is 1. The number of aliphatic hydroxyl groups is 1. The highest BCUT2D eigenvalue weighted by atomic mass is 16.3. The Morgan fingerprint density at radius 2 is 2.05 bits per heavy atom. The molecule has 0 bridgehead atoms. The minimum Gasteiger partial charge on any atom is -0.392 e. The Labute approximate surface area is 125 Å². The van der Waals surface area contributed by atoms with Gasteiger partial charge in [0.25, 0.3) is 0 Å². The second-order valence-corrected chi connectivity index (χ2v) is 5.81. The second kappa shape index (κ2) is 6.89. The smallest absolute Gasteiger partial charge is 0.0682 e. The molecule has 2 atom stereocenters. The van der Waals surface area contributed by atoms with Gasteiger partial charge in [-0.25, -0.2) is 0 Å². The molecule has 4 heteroatoms. The van der Waals surface area contributed by atoms with Crippen LogP contribution in [0.3, 0.4) is 0 Å². The number of H-pyrrole nitrogens is 1. The molecular formula is C17H23N3O. The minimum absolute atomic E-state index is 0.201. The standard InChI is InChI=1S/C17H23N3O/c21-17-8-16(11-19-10-15-6-7-18-9-15)20(13-17)12-14-4-2-1-3-5-14/h1-7,9,16-19,21H,8,10-13H2. The normalized spacial score (nSPS) is 22.7. The van der Waals surface area contributed by atoms with E-state index in [1.54, 1.807) is 0 Å². The predicted octanol–water partition coefficient (Wildman–Crippen LogP) is 1.74. The maximum atomic E-state index is 9.96. The number of likely N-dealkylation sites (tertiary alicyclic amines) is 1. The Morgan fingerprint density at radius 1 is 1.19 bits per heavy atom. The van der Waals surface area contributed by atoms with Gasteiger partial charge in [0.2, 0.25) is 0 Å². The summed E-state index contributed by atoms with van der Waals surface area (Å²) in [5.74, 6) is 0. The number of rotatable bonds is 6. The van der Waals surface area contributed by atoms with E-state index in [2.05, 4.69) is 45.5 Å². The molecule has 1 aliphatic rings. The van der Waals surface area contributed by atoms with Crippen molar-refractivity contribution in [1.82, 2.24) is 15.2 Å². The van der Waals surface area contributed by atoms with Crippen LogP contribution in [0.2, 0.25) is 0 Å². The highest BCUT2D eigenvalue weighted by molar-refractivity contribution is 5.15. The third-order valence-corrected chi connectivity index (χ3v) is 4.11. The quantitative estimate of drug-likeness (QED) is 0.758. The number of aromatic nitrogens is 1. The van der Waals surface area contributed by atoms with Crippen molar-refractivity contribution >= 4 is 0 Å². The van der Waals surface area contributed by atoms with E-state index in [1.807, 2.05) is 18.5 Å². The Hall–Kier alpha value is -1.62. The molecule has 0 amide bonds. The fraction of sp³-hybridized carbons (Fsp3) is 0.412. The maximum absolute atomic E-state index is 9.96. The fourth-order valence-corrected chi connectivity index (χ4v) is 3.03. The van der Waals surface area contributed by atoms with Crippen molar-refractivity contribution in [1.29, 1.82) is 0 Å². The zero-order chi connectivity index (χ0) is 14.5. The van der Waals surface area contributed by atoms with Crippen LogP contribution in [0.1, 0.15) is 17.5 Å². The number of β-amino-alcohol motifs (C(OH)–C–C–N with tert-alkyl or cyclic N) is 1. The number of nitrogens with one attached hydrogen (secondary N) is 2. The highest BCUT2D eigenvalue weighted by Crippen LogP contribution is 2.20. The maximum Gasteiger partial charge on any atom is 0.0682 e. The van der Waals surface area contributed by atoms with Crippen LogP contribution in [0.5, 0.6) is 0 Å². The van der Waals surface area contributed by atoms with Crippen molar-refractivity contribution in [2.75, 3.05) is 13.1 Å². The summed E-state index contributed by atoms with van der Waals surface area (Å²) < 4.78 is 0. The van der Waals surface area contributed by atoms with E-state index in [0.717, 1.165) is 32.6 Å². The Bertz CT molecular complexity index is 526. The fourth-order valence-electron chi connectivity index (χ4n) is 3.03. The molecule has 0 aliphatic carbocycles. The first-order valence-electron chi connectivity index (χ1n) is 7.59. The molecule has 112 valence electrons. The molecule has 3 rings (SSSR count). The third-order valence-electron chi connectivity index (χ3n) is 4.11. The van der Waals surface area contributed by atoms with Crippen LogP contribution < -0.4 is 5.32 Å². The first-order valence-corrected chi connectivity index (χ1v) is 7.59. The van der Waals surface area contributed by atoms with E-state index >= 15 is 0 Å². The lowest BCUT2D eigenvalue weighted by molar-refractivity contribution is 0.172. The molecule has 0 spiro atoms. The second-order valence-electron chi connectivity index (χ2n) is 5.81. The summed E-state index contributed by atoms with van der Waals surface area (Å²) in [6.07, 6.45) is 4.61. The van der Waals surface area contributed by atoms with Crippen molar-refractivity contribution in [2.45, 2.75) is 31.7 Å². The number of benzene rings is 1. The van der Waals surface area contributed by atoms with E-state index in [9.17, 15) is 5.11 Å². The van der Waals surface area contributed by atoms with Gasteiger partial charge in [0, 0.05) is 44.6 Å². The molecule has 2 aromatic rings. The number of hydrogen-bond acceptors (Lipinski definition) is 3. The molecule has 1 aliphatic heterocycles. The topological polar surface area (TPSA) is 51.3 Å². The number of hydrogen-bond donors (Lipinski definition) is 3. The summed E-state index contributed by atoms with van der Waals surface area (Å²) in [6, 6.07) is 13.0. The molecule has 1 saturated heterocycles. The molecule has 4 nitrogen and oxygen atoms in total. The van der Waals surface area contributed by atoms with Crippen molar-refractivity contribution in [3.8, 4) is 0 Å². The van der Waals surface area contributed by atoms with Crippen LogP contribution in [-0.4, -0.2) is 40.2 Å². The van der Waals surface area contributed by atoms with Gasteiger partial charge in [-0.3, -0.25) is 4.90 Å². The van der Waals surface area contributed by atoms with Crippen LogP contribution in [0.4, 0.5) is 0 Å². The summed E-state index contributed by atoms with van der Waals surface area (Å²) in [5, 5.41) is 13.5.